The number of aliphatic hydroxyl groups is 8. The van der Waals surface area contributed by atoms with Crippen LogP contribution in [0.4, 0.5) is 0 Å². The van der Waals surface area contributed by atoms with Crippen LogP contribution in [0.5, 0.6) is 0 Å². The number of allylic oxidation sites excluding steroid dienone is 2. The van der Waals surface area contributed by atoms with Gasteiger partial charge in [0.15, 0.2) is 12.6 Å². The number of rotatable bonds is 42. The molecule has 2 saturated heterocycles. The molecule has 14 nitrogen and oxygen atoms in total. The Balaban J connectivity index is 1.79. The quantitative estimate of drug-likeness (QED) is 0.0213. The van der Waals surface area contributed by atoms with Gasteiger partial charge < -0.3 is 65.1 Å². The standard InChI is InChI=1S/C52H99NO13/c1-3-5-7-9-11-13-15-17-18-19-20-21-22-24-26-28-30-32-34-36-44(57)53-40(41(56)35-33-31-29-27-25-23-16-14-12-10-8-6-4-2)39-63-51-49(62)47(60)50(43(38-55)65-51)66-52-48(61)46(59)45(58)42(37-54)64-52/h17-18,40-43,45-52,54-56,58-62H,3-16,19-39H2,1-2H3,(H,53,57)/b18-17-. The van der Waals surface area contributed by atoms with Crippen LogP contribution in [0.15, 0.2) is 12.2 Å². The van der Waals surface area contributed by atoms with E-state index < -0.39 is 86.8 Å². The van der Waals surface area contributed by atoms with Gasteiger partial charge in [-0.3, -0.25) is 4.79 Å². The Labute approximate surface area is 399 Å². The average molecular weight is 946 g/mol. The van der Waals surface area contributed by atoms with E-state index in [-0.39, 0.29) is 12.5 Å². The van der Waals surface area contributed by atoms with Gasteiger partial charge in [-0.25, -0.2) is 0 Å². The number of nitrogens with one attached hydrogen (secondary N) is 1. The van der Waals surface area contributed by atoms with Gasteiger partial charge in [-0.05, 0) is 38.5 Å². The molecule has 390 valence electrons. The Morgan fingerprint density at radius 1 is 0.530 bits per heavy atom. The van der Waals surface area contributed by atoms with Gasteiger partial charge in [-0.15, -0.1) is 0 Å². The summed E-state index contributed by atoms with van der Waals surface area (Å²) in [5, 5.41) is 87.0. The van der Waals surface area contributed by atoms with Crippen molar-refractivity contribution in [2.75, 3.05) is 19.8 Å². The molecule has 0 aromatic rings. The van der Waals surface area contributed by atoms with Crippen LogP contribution in [0.1, 0.15) is 219 Å². The van der Waals surface area contributed by atoms with Gasteiger partial charge >= 0.3 is 0 Å². The lowest BCUT2D eigenvalue weighted by Gasteiger charge is -2.46. The molecule has 14 heteroatoms. The zero-order valence-electron chi connectivity index (χ0n) is 41.5. The van der Waals surface area contributed by atoms with Crippen molar-refractivity contribution >= 4 is 5.91 Å². The minimum absolute atomic E-state index is 0.208. The maximum Gasteiger partial charge on any atom is 0.220 e. The van der Waals surface area contributed by atoms with E-state index in [2.05, 4.69) is 31.3 Å². The molecule has 12 unspecified atom stereocenters. The molecule has 12 atom stereocenters. The van der Waals surface area contributed by atoms with Crippen LogP contribution in [0.2, 0.25) is 0 Å². The van der Waals surface area contributed by atoms with Crippen LogP contribution >= 0.6 is 0 Å². The molecule has 0 bridgehead atoms. The molecular formula is C52H99NO13. The molecule has 66 heavy (non-hydrogen) atoms. The van der Waals surface area contributed by atoms with Crippen molar-refractivity contribution in [2.24, 2.45) is 0 Å². The minimum atomic E-state index is -1.78. The zero-order valence-corrected chi connectivity index (χ0v) is 41.5. The van der Waals surface area contributed by atoms with Gasteiger partial charge in [0.2, 0.25) is 5.91 Å². The van der Waals surface area contributed by atoms with Crippen LogP contribution in [0.25, 0.3) is 0 Å². The number of hydrogen-bond donors (Lipinski definition) is 9. The monoisotopic (exact) mass is 946 g/mol. The van der Waals surface area contributed by atoms with E-state index in [0.717, 1.165) is 51.4 Å². The lowest BCUT2D eigenvalue weighted by Crippen LogP contribution is -2.65. The van der Waals surface area contributed by atoms with E-state index in [1.807, 2.05) is 0 Å². The summed E-state index contributed by atoms with van der Waals surface area (Å²) in [5.41, 5.74) is 0. The first-order valence-electron chi connectivity index (χ1n) is 26.9. The van der Waals surface area contributed by atoms with E-state index >= 15 is 0 Å². The van der Waals surface area contributed by atoms with Crippen molar-refractivity contribution < 1.29 is 64.6 Å². The summed E-state index contributed by atoms with van der Waals surface area (Å²) in [5.74, 6) is -0.208. The summed E-state index contributed by atoms with van der Waals surface area (Å²) >= 11 is 0. The molecule has 1 amide bonds. The zero-order chi connectivity index (χ0) is 48.2. The SMILES string of the molecule is CCCCCCCC/C=C\CCCCCCCCCCCC(=O)NC(COC1OC(CO)C(OC2OC(CO)C(O)C(O)C2O)C(O)C1O)C(O)CCCCCCCCCCCCCCC. The Bertz CT molecular complexity index is 1160. The van der Waals surface area contributed by atoms with E-state index in [4.69, 9.17) is 18.9 Å². The van der Waals surface area contributed by atoms with Crippen molar-refractivity contribution in [2.45, 2.75) is 293 Å². The van der Waals surface area contributed by atoms with E-state index in [0.29, 0.717) is 12.8 Å². The van der Waals surface area contributed by atoms with Crippen molar-refractivity contribution in [3.63, 3.8) is 0 Å². The highest BCUT2D eigenvalue weighted by Gasteiger charge is 2.51. The van der Waals surface area contributed by atoms with Crippen LogP contribution in [0.3, 0.4) is 0 Å². The molecular weight excluding hydrogens is 847 g/mol. The van der Waals surface area contributed by atoms with Crippen molar-refractivity contribution in [1.82, 2.24) is 5.32 Å². The normalized spacial score (nSPS) is 26.8. The topological polar surface area (TPSA) is 228 Å². The Morgan fingerprint density at radius 3 is 1.44 bits per heavy atom. The lowest BCUT2D eigenvalue weighted by molar-refractivity contribution is -0.359. The Kier molecular flexibility index (Phi) is 36.4. The first-order valence-corrected chi connectivity index (χ1v) is 26.9. The highest BCUT2D eigenvalue weighted by Crippen LogP contribution is 2.30. The van der Waals surface area contributed by atoms with E-state index in [1.165, 1.54) is 141 Å². The van der Waals surface area contributed by atoms with Gasteiger partial charge in [-0.1, -0.05) is 187 Å². The molecule has 0 spiro atoms. The number of aliphatic hydroxyl groups excluding tert-OH is 8. The molecule has 2 aliphatic heterocycles. The molecule has 0 radical (unpaired) electrons. The fourth-order valence-electron chi connectivity index (χ4n) is 9.06. The molecule has 2 heterocycles. The van der Waals surface area contributed by atoms with Crippen molar-refractivity contribution in [3.8, 4) is 0 Å². The highest BCUT2D eigenvalue weighted by atomic mass is 16.7. The molecule has 0 aromatic carbocycles. The van der Waals surface area contributed by atoms with Gasteiger partial charge in [0.25, 0.3) is 0 Å². The first-order chi connectivity index (χ1) is 32.1. The Morgan fingerprint density at radius 2 is 0.955 bits per heavy atom. The number of hydrogen-bond acceptors (Lipinski definition) is 13. The molecule has 0 saturated carbocycles. The maximum absolute atomic E-state index is 13.2. The second-order valence-corrected chi connectivity index (χ2v) is 19.4. The Hall–Kier alpha value is -1.27. The smallest absolute Gasteiger partial charge is 0.220 e. The third-order valence-corrected chi connectivity index (χ3v) is 13.5. The number of carbonyl (C=O) groups excluding carboxylic acids is 1. The molecule has 0 aliphatic carbocycles. The van der Waals surface area contributed by atoms with Crippen LogP contribution in [-0.2, 0) is 23.7 Å². The predicted octanol–water partition coefficient (Wildman–Crippen LogP) is 7.55. The largest absolute Gasteiger partial charge is 0.394 e. The van der Waals surface area contributed by atoms with Crippen LogP contribution in [0, 0.1) is 0 Å². The maximum atomic E-state index is 13.2. The first kappa shape index (κ1) is 60.9. The summed E-state index contributed by atoms with van der Waals surface area (Å²) in [6.45, 7) is 2.85. The van der Waals surface area contributed by atoms with Gasteiger partial charge in [-0.2, -0.15) is 0 Å². The predicted molar refractivity (Wildman–Crippen MR) is 259 cm³/mol. The van der Waals surface area contributed by atoms with Crippen molar-refractivity contribution in [3.05, 3.63) is 12.2 Å². The summed E-state index contributed by atoms with van der Waals surface area (Å²) in [6.07, 6.45) is 24.9. The molecule has 2 fully saturated rings. The second-order valence-electron chi connectivity index (χ2n) is 19.4. The fourth-order valence-corrected chi connectivity index (χ4v) is 9.06. The van der Waals surface area contributed by atoms with Crippen LogP contribution < -0.4 is 5.32 Å². The summed E-state index contributed by atoms with van der Waals surface area (Å²) in [6, 6.07) is -0.825. The number of unbranched alkanes of at least 4 members (excludes halogenated alkanes) is 27. The molecule has 2 rings (SSSR count). The van der Waals surface area contributed by atoms with Gasteiger partial charge in [0.1, 0.15) is 48.8 Å². The number of ether oxygens (including phenoxy) is 4. The van der Waals surface area contributed by atoms with E-state index in [9.17, 15) is 45.6 Å². The molecule has 9 N–H and O–H groups in total. The second kappa shape index (κ2) is 39.5. The summed E-state index contributed by atoms with van der Waals surface area (Å²) in [7, 11) is 0. The number of carbonyl (C=O) groups is 1. The average Bonchev–Trinajstić information content (AvgIpc) is 3.31. The van der Waals surface area contributed by atoms with Crippen LogP contribution in [-0.4, -0.2) is 140 Å². The molecule has 0 aromatic heterocycles. The number of amides is 1. The minimum Gasteiger partial charge on any atom is -0.394 e. The van der Waals surface area contributed by atoms with Gasteiger partial charge in [0, 0.05) is 6.42 Å². The lowest BCUT2D eigenvalue weighted by atomic mass is 9.97. The molecule has 2 aliphatic rings. The third kappa shape index (κ3) is 26.1. The fraction of sp³-hybridized carbons (Fsp3) is 0.942. The van der Waals surface area contributed by atoms with E-state index in [1.54, 1.807) is 0 Å². The third-order valence-electron chi connectivity index (χ3n) is 13.5. The van der Waals surface area contributed by atoms with Crippen molar-refractivity contribution in [1.29, 1.82) is 0 Å². The highest BCUT2D eigenvalue weighted by molar-refractivity contribution is 5.76. The summed E-state index contributed by atoms with van der Waals surface area (Å²) < 4.78 is 22.8. The summed E-state index contributed by atoms with van der Waals surface area (Å²) in [4.78, 5) is 13.2. The van der Waals surface area contributed by atoms with Gasteiger partial charge in [0.05, 0.1) is 32.0 Å².